The Morgan fingerprint density at radius 1 is 1.43 bits per heavy atom. The van der Waals surface area contributed by atoms with Gasteiger partial charge in [-0.25, -0.2) is 4.98 Å². The van der Waals surface area contributed by atoms with Crippen molar-refractivity contribution in [3.63, 3.8) is 0 Å². The molecule has 116 valence electrons. The summed E-state index contributed by atoms with van der Waals surface area (Å²) in [6, 6.07) is -0.801. The predicted octanol–water partition coefficient (Wildman–Crippen LogP) is 2.10. The first-order valence-corrected chi connectivity index (χ1v) is 8.33. The van der Waals surface area contributed by atoms with E-state index in [2.05, 4.69) is 10.3 Å². The van der Waals surface area contributed by atoms with Crippen molar-refractivity contribution in [2.45, 2.75) is 59.2 Å². The fourth-order valence-corrected chi connectivity index (χ4v) is 3.38. The van der Waals surface area contributed by atoms with Gasteiger partial charge in [-0.1, -0.05) is 27.2 Å². The van der Waals surface area contributed by atoms with E-state index in [4.69, 9.17) is 0 Å². The third kappa shape index (κ3) is 3.43. The fourth-order valence-electron chi connectivity index (χ4n) is 2.78. The molecule has 0 bridgehead atoms. The number of nitrogens with zero attached hydrogens (tertiary/aromatic N) is 2. The molecule has 2 rings (SSSR count). The number of carbonyl (C=O) groups excluding carboxylic acids is 2. The molecule has 1 saturated heterocycles. The van der Waals surface area contributed by atoms with Gasteiger partial charge in [0.15, 0.2) is 0 Å². The summed E-state index contributed by atoms with van der Waals surface area (Å²) in [5.41, 5.74) is 0.862. The van der Waals surface area contributed by atoms with Gasteiger partial charge in [0.1, 0.15) is 12.1 Å². The number of rotatable bonds is 5. The largest absolute Gasteiger partial charge is 0.342 e. The van der Waals surface area contributed by atoms with Crippen LogP contribution in [0.25, 0.3) is 0 Å². The van der Waals surface area contributed by atoms with Crippen molar-refractivity contribution < 1.29 is 9.59 Å². The van der Waals surface area contributed by atoms with Crippen LogP contribution in [0.4, 0.5) is 0 Å². The number of hydrogen-bond donors (Lipinski definition) is 1. The van der Waals surface area contributed by atoms with E-state index < -0.39 is 12.1 Å². The smallest absolute Gasteiger partial charge is 0.246 e. The Morgan fingerprint density at radius 2 is 2.14 bits per heavy atom. The Labute approximate surface area is 129 Å². The van der Waals surface area contributed by atoms with Gasteiger partial charge >= 0.3 is 0 Å². The number of hydrogen-bond acceptors (Lipinski definition) is 4. The van der Waals surface area contributed by atoms with Crippen molar-refractivity contribution >= 4 is 23.2 Å². The molecule has 0 saturated carbocycles. The summed E-state index contributed by atoms with van der Waals surface area (Å²) < 4.78 is 0. The Kier molecular flexibility index (Phi) is 4.98. The highest BCUT2D eigenvalue weighted by Crippen LogP contribution is 2.22. The Balaban J connectivity index is 2.25. The van der Waals surface area contributed by atoms with Crippen molar-refractivity contribution in [2.75, 3.05) is 0 Å². The summed E-state index contributed by atoms with van der Waals surface area (Å²) in [5, 5.41) is 5.81. The molecule has 1 N–H and O–H groups in total. The van der Waals surface area contributed by atoms with E-state index in [-0.39, 0.29) is 17.7 Å². The lowest BCUT2D eigenvalue weighted by molar-refractivity contribution is -0.152. The summed E-state index contributed by atoms with van der Waals surface area (Å²) in [6.07, 6.45) is 1.55. The third-order valence-electron chi connectivity index (χ3n) is 3.71. The molecule has 1 fully saturated rings. The molecule has 21 heavy (non-hydrogen) atoms. The monoisotopic (exact) mass is 309 g/mol. The molecule has 2 amide bonds. The van der Waals surface area contributed by atoms with Crippen LogP contribution in [-0.2, 0) is 16.1 Å². The van der Waals surface area contributed by atoms with Crippen molar-refractivity contribution in [1.82, 2.24) is 15.2 Å². The molecule has 1 aromatic heterocycles. The highest BCUT2D eigenvalue weighted by molar-refractivity contribution is 7.09. The zero-order valence-electron chi connectivity index (χ0n) is 13.0. The topological polar surface area (TPSA) is 62.3 Å². The van der Waals surface area contributed by atoms with Gasteiger partial charge in [0, 0.05) is 5.38 Å². The molecule has 0 spiro atoms. The molecule has 5 nitrogen and oxygen atoms in total. The third-order valence-corrected chi connectivity index (χ3v) is 4.53. The van der Waals surface area contributed by atoms with E-state index in [0.29, 0.717) is 13.0 Å². The van der Waals surface area contributed by atoms with E-state index in [1.807, 2.05) is 33.1 Å². The van der Waals surface area contributed by atoms with E-state index in [1.54, 1.807) is 16.2 Å². The van der Waals surface area contributed by atoms with Crippen LogP contribution in [0.3, 0.4) is 0 Å². The van der Waals surface area contributed by atoms with Crippen molar-refractivity contribution in [2.24, 2.45) is 5.92 Å². The van der Waals surface area contributed by atoms with Gasteiger partial charge in [-0.3, -0.25) is 9.59 Å². The van der Waals surface area contributed by atoms with Crippen LogP contribution in [0.1, 0.15) is 44.3 Å². The van der Waals surface area contributed by atoms with Gasteiger partial charge in [-0.15, -0.1) is 11.3 Å². The molecule has 1 aliphatic rings. The highest BCUT2D eigenvalue weighted by Gasteiger charge is 2.41. The molecule has 6 heteroatoms. The van der Waals surface area contributed by atoms with Crippen molar-refractivity contribution in [3.05, 3.63) is 16.1 Å². The van der Waals surface area contributed by atoms with Crippen molar-refractivity contribution in [3.8, 4) is 0 Å². The Bertz CT molecular complexity index is 527. The first kappa shape index (κ1) is 15.9. The van der Waals surface area contributed by atoms with Crippen LogP contribution < -0.4 is 5.32 Å². The molecule has 2 atom stereocenters. The summed E-state index contributed by atoms with van der Waals surface area (Å²) >= 11 is 1.57. The average Bonchev–Trinajstić information content (AvgIpc) is 2.80. The van der Waals surface area contributed by atoms with Gasteiger partial charge in [0.05, 0.1) is 17.2 Å². The average molecular weight is 309 g/mol. The SMILES string of the molecule is CCCC1NC(=O)C(C(C)C)N(Cc2csc(C)n2)C1=O. The van der Waals surface area contributed by atoms with E-state index in [0.717, 1.165) is 17.1 Å². The molecule has 2 unspecified atom stereocenters. The number of thiazole rings is 1. The fraction of sp³-hybridized carbons (Fsp3) is 0.667. The van der Waals surface area contributed by atoms with Crippen LogP contribution in [0.2, 0.25) is 0 Å². The number of amides is 2. The van der Waals surface area contributed by atoms with Crippen LogP contribution in [-0.4, -0.2) is 33.8 Å². The predicted molar refractivity (Wildman–Crippen MR) is 82.9 cm³/mol. The Morgan fingerprint density at radius 3 is 2.67 bits per heavy atom. The quantitative estimate of drug-likeness (QED) is 0.906. The van der Waals surface area contributed by atoms with E-state index >= 15 is 0 Å². The van der Waals surface area contributed by atoms with Gasteiger partial charge in [-0.2, -0.15) is 0 Å². The van der Waals surface area contributed by atoms with E-state index in [9.17, 15) is 9.59 Å². The van der Waals surface area contributed by atoms with Gasteiger partial charge in [0.2, 0.25) is 11.8 Å². The minimum absolute atomic E-state index is 0.0146. The first-order valence-electron chi connectivity index (χ1n) is 7.45. The Hall–Kier alpha value is -1.43. The summed E-state index contributed by atoms with van der Waals surface area (Å²) in [7, 11) is 0. The molecule has 0 radical (unpaired) electrons. The number of aryl methyl sites for hydroxylation is 1. The highest BCUT2D eigenvalue weighted by atomic mass is 32.1. The molecule has 1 aromatic rings. The van der Waals surface area contributed by atoms with Gasteiger partial charge in [-0.05, 0) is 19.3 Å². The van der Waals surface area contributed by atoms with Crippen molar-refractivity contribution in [1.29, 1.82) is 0 Å². The van der Waals surface area contributed by atoms with Gasteiger partial charge < -0.3 is 10.2 Å². The van der Waals surface area contributed by atoms with Crippen LogP contribution >= 0.6 is 11.3 Å². The van der Waals surface area contributed by atoms with E-state index in [1.165, 1.54) is 0 Å². The summed E-state index contributed by atoms with van der Waals surface area (Å²) in [6.45, 7) is 8.31. The maximum atomic E-state index is 12.7. The standard InChI is InChI=1S/C15H23N3O2S/c1-5-6-12-15(20)18(7-11-8-21-10(4)16-11)13(9(2)3)14(19)17-12/h8-9,12-13H,5-7H2,1-4H3,(H,17,19). The normalized spacial score (nSPS) is 22.8. The van der Waals surface area contributed by atoms with Crippen LogP contribution in [0, 0.1) is 12.8 Å². The zero-order valence-corrected chi connectivity index (χ0v) is 13.9. The number of piperazine rings is 1. The molecular formula is C15H23N3O2S. The summed E-state index contributed by atoms with van der Waals surface area (Å²) in [4.78, 5) is 31.2. The lowest BCUT2D eigenvalue weighted by Crippen LogP contribution is -2.64. The second-order valence-electron chi connectivity index (χ2n) is 5.86. The number of nitrogens with one attached hydrogen (secondary N) is 1. The second kappa shape index (κ2) is 6.56. The molecule has 0 aliphatic carbocycles. The lowest BCUT2D eigenvalue weighted by Gasteiger charge is -2.40. The first-order chi connectivity index (χ1) is 9.93. The number of carbonyl (C=O) groups is 2. The summed E-state index contributed by atoms with van der Waals surface area (Å²) in [5.74, 6) is 0.0482. The minimum Gasteiger partial charge on any atom is -0.342 e. The lowest BCUT2D eigenvalue weighted by atomic mass is 9.95. The zero-order chi connectivity index (χ0) is 15.6. The maximum absolute atomic E-state index is 12.7. The molecule has 0 aromatic carbocycles. The molecule has 2 heterocycles. The van der Waals surface area contributed by atoms with Gasteiger partial charge in [0.25, 0.3) is 0 Å². The minimum atomic E-state index is -0.410. The van der Waals surface area contributed by atoms with Crippen LogP contribution in [0.5, 0.6) is 0 Å². The number of aromatic nitrogens is 1. The molecular weight excluding hydrogens is 286 g/mol. The van der Waals surface area contributed by atoms with Crippen LogP contribution in [0.15, 0.2) is 5.38 Å². The second-order valence-corrected chi connectivity index (χ2v) is 6.92. The maximum Gasteiger partial charge on any atom is 0.246 e. The molecule has 1 aliphatic heterocycles.